The zero-order valence-corrected chi connectivity index (χ0v) is 15.6. The van der Waals surface area contributed by atoms with E-state index in [9.17, 15) is 0 Å². The Labute approximate surface area is 147 Å². The predicted molar refractivity (Wildman–Crippen MR) is 93.7 cm³/mol. The van der Waals surface area contributed by atoms with Gasteiger partial charge in [0.2, 0.25) is 0 Å². The standard InChI is InChI=1S/C17H37NO6/c1-3-4-6-19-8-10-21-12-14-23-16-17-24-15-13-22-11-9-20-7-5-18-2/h18H,3-17H2,1-2H3. The highest BCUT2D eigenvalue weighted by atomic mass is 16.6. The summed E-state index contributed by atoms with van der Waals surface area (Å²) in [7, 11) is 1.90. The highest BCUT2D eigenvalue weighted by Crippen LogP contribution is 1.88. The van der Waals surface area contributed by atoms with Crippen LogP contribution in [-0.4, -0.2) is 92.9 Å². The molecule has 1 N–H and O–H groups in total. The summed E-state index contributed by atoms with van der Waals surface area (Å²) in [5.74, 6) is 0. The van der Waals surface area contributed by atoms with Crippen molar-refractivity contribution in [2.75, 3.05) is 92.9 Å². The zero-order chi connectivity index (χ0) is 17.6. The summed E-state index contributed by atoms with van der Waals surface area (Å²) in [4.78, 5) is 0. The third kappa shape index (κ3) is 21.7. The number of nitrogens with one attached hydrogen (secondary N) is 1. The molecular formula is C17H37NO6. The lowest BCUT2D eigenvalue weighted by Gasteiger charge is -2.08. The Balaban J connectivity index is 2.93. The quantitative estimate of drug-likeness (QED) is 0.311. The van der Waals surface area contributed by atoms with Crippen LogP contribution in [0.1, 0.15) is 19.8 Å². The van der Waals surface area contributed by atoms with Crippen LogP contribution in [0, 0.1) is 0 Å². The molecule has 0 heterocycles. The van der Waals surface area contributed by atoms with Gasteiger partial charge in [-0.1, -0.05) is 13.3 Å². The highest BCUT2D eigenvalue weighted by Gasteiger charge is 1.94. The second-order valence-electron chi connectivity index (χ2n) is 5.13. The monoisotopic (exact) mass is 351 g/mol. The molecule has 0 saturated heterocycles. The largest absolute Gasteiger partial charge is 0.379 e. The van der Waals surface area contributed by atoms with Crippen molar-refractivity contribution in [2.45, 2.75) is 19.8 Å². The molecule has 0 fully saturated rings. The van der Waals surface area contributed by atoms with E-state index < -0.39 is 0 Å². The number of hydrogen-bond acceptors (Lipinski definition) is 7. The van der Waals surface area contributed by atoms with Crippen LogP contribution in [0.25, 0.3) is 0 Å². The summed E-state index contributed by atoms with van der Waals surface area (Å²) < 4.78 is 32.3. The Bertz CT molecular complexity index is 199. The number of rotatable bonds is 21. The molecule has 24 heavy (non-hydrogen) atoms. The minimum atomic E-state index is 0.572. The van der Waals surface area contributed by atoms with Gasteiger partial charge in [0.25, 0.3) is 0 Å². The van der Waals surface area contributed by atoms with Crippen LogP contribution >= 0.6 is 0 Å². The van der Waals surface area contributed by atoms with Crippen LogP contribution in [0.5, 0.6) is 0 Å². The average molecular weight is 351 g/mol. The van der Waals surface area contributed by atoms with Gasteiger partial charge in [-0.15, -0.1) is 0 Å². The summed E-state index contributed by atoms with van der Waals surface area (Å²) in [6, 6.07) is 0. The van der Waals surface area contributed by atoms with Crippen LogP contribution in [0.2, 0.25) is 0 Å². The highest BCUT2D eigenvalue weighted by molar-refractivity contribution is 4.38. The molecule has 146 valence electrons. The molecule has 0 aliphatic rings. The summed E-state index contributed by atoms with van der Waals surface area (Å²) in [6.45, 7) is 10.5. The lowest BCUT2D eigenvalue weighted by molar-refractivity contribution is -0.0166. The molecule has 0 aliphatic heterocycles. The lowest BCUT2D eigenvalue weighted by atomic mass is 10.4. The van der Waals surface area contributed by atoms with E-state index in [1.807, 2.05) is 7.05 Å². The van der Waals surface area contributed by atoms with Gasteiger partial charge in [0.05, 0.1) is 72.7 Å². The smallest absolute Gasteiger partial charge is 0.0701 e. The fraction of sp³-hybridized carbons (Fsp3) is 1.00. The first-order valence-electron chi connectivity index (χ1n) is 9.02. The Kier molecular flexibility index (Phi) is 22.5. The van der Waals surface area contributed by atoms with Crippen molar-refractivity contribution in [3.05, 3.63) is 0 Å². The normalized spacial score (nSPS) is 11.2. The molecule has 0 saturated carbocycles. The Morgan fingerprint density at radius 2 is 0.833 bits per heavy atom. The van der Waals surface area contributed by atoms with Gasteiger partial charge in [0.1, 0.15) is 0 Å². The first-order valence-corrected chi connectivity index (χ1v) is 9.02. The van der Waals surface area contributed by atoms with Crippen LogP contribution in [0.15, 0.2) is 0 Å². The van der Waals surface area contributed by atoms with Gasteiger partial charge < -0.3 is 33.7 Å². The maximum absolute atomic E-state index is 5.40. The van der Waals surface area contributed by atoms with Crippen LogP contribution in [0.4, 0.5) is 0 Å². The predicted octanol–water partition coefficient (Wildman–Crippen LogP) is 1.11. The fourth-order valence-electron chi connectivity index (χ4n) is 1.62. The topological polar surface area (TPSA) is 67.4 Å². The maximum atomic E-state index is 5.40. The molecule has 0 aliphatic carbocycles. The van der Waals surface area contributed by atoms with Gasteiger partial charge in [-0.2, -0.15) is 0 Å². The zero-order valence-electron chi connectivity index (χ0n) is 15.6. The van der Waals surface area contributed by atoms with Crippen molar-refractivity contribution >= 4 is 0 Å². The van der Waals surface area contributed by atoms with Crippen molar-refractivity contribution in [2.24, 2.45) is 0 Å². The van der Waals surface area contributed by atoms with E-state index in [2.05, 4.69) is 12.2 Å². The Hall–Kier alpha value is -0.280. The first-order chi connectivity index (χ1) is 11.9. The molecule has 0 aromatic rings. The summed E-state index contributed by atoms with van der Waals surface area (Å²) in [5.41, 5.74) is 0. The second-order valence-corrected chi connectivity index (χ2v) is 5.13. The Morgan fingerprint density at radius 1 is 0.500 bits per heavy atom. The van der Waals surface area contributed by atoms with Gasteiger partial charge in [0, 0.05) is 13.2 Å². The summed E-state index contributed by atoms with van der Waals surface area (Å²) in [6.07, 6.45) is 2.27. The van der Waals surface area contributed by atoms with E-state index in [4.69, 9.17) is 28.4 Å². The van der Waals surface area contributed by atoms with Crippen LogP contribution in [-0.2, 0) is 28.4 Å². The minimum absolute atomic E-state index is 0.572. The number of ether oxygens (including phenoxy) is 6. The van der Waals surface area contributed by atoms with E-state index in [-0.39, 0.29) is 0 Å². The summed E-state index contributed by atoms with van der Waals surface area (Å²) in [5, 5.41) is 3.02. The maximum Gasteiger partial charge on any atom is 0.0701 e. The SMILES string of the molecule is CCCCOCCOCCOCCOCCOCCOCCNC. The van der Waals surface area contributed by atoms with Crippen molar-refractivity contribution in [3.8, 4) is 0 Å². The van der Waals surface area contributed by atoms with Gasteiger partial charge in [-0.25, -0.2) is 0 Å². The van der Waals surface area contributed by atoms with Crippen molar-refractivity contribution in [1.82, 2.24) is 5.32 Å². The molecule has 0 aromatic heterocycles. The number of hydrogen-bond donors (Lipinski definition) is 1. The molecule has 0 atom stereocenters. The van der Waals surface area contributed by atoms with Crippen molar-refractivity contribution in [1.29, 1.82) is 0 Å². The molecule has 0 spiro atoms. The molecule has 7 heteroatoms. The Morgan fingerprint density at radius 3 is 1.17 bits per heavy atom. The van der Waals surface area contributed by atoms with E-state index in [1.54, 1.807) is 0 Å². The molecule has 0 amide bonds. The minimum Gasteiger partial charge on any atom is -0.379 e. The third-order valence-corrected chi connectivity index (χ3v) is 3.00. The van der Waals surface area contributed by atoms with Crippen molar-refractivity contribution in [3.63, 3.8) is 0 Å². The van der Waals surface area contributed by atoms with E-state index >= 15 is 0 Å². The molecular weight excluding hydrogens is 314 g/mol. The van der Waals surface area contributed by atoms with E-state index in [0.717, 1.165) is 26.0 Å². The fourth-order valence-corrected chi connectivity index (χ4v) is 1.62. The van der Waals surface area contributed by atoms with E-state index in [1.165, 1.54) is 0 Å². The molecule has 0 aromatic carbocycles. The van der Waals surface area contributed by atoms with Gasteiger partial charge in [-0.05, 0) is 13.5 Å². The average Bonchev–Trinajstić information content (AvgIpc) is 2.60. The molecule has 0 bridgehead atoms. The van der Waals surface area contributed by atoms with Crippen LogP contribution < -0.4 is 5.32 Å². The molecule has 0 rings (SSSR count). The summed E-state index contributed by atoms with van der Waals surface area (Å²) >= 11 is 0. The van der Waals surface area contributed by atoms with E-state index in [0.29, 0.717) is 72.7 Å². The first kappa shape index (κ1) is 23.7. The van der Waals surface area contributed by atoms with Gasteiger partial charge in [-0.3, -0.25) is 0 Å². The van der Waals surface area contributed by atoms with Gasteiger partial charge >= 0.3 is 0 Å². The molecule has 7 nitrogen and oxygen atoms in total. The number of unbranched alkanes of at least 4 members (excludes halogenated alkanes) is 1. The number of likely N-dealkylation sites (N-methyl/N-ethyl adjacent to an activating group) is 1. The second kappa shape index (κ2) is 22.7. The molecule has 0 unspecified atom stereocenters. The lowest BCUT2D eigenvalue weighted by Crippen LogP contribution is -2.17. The molecule has 0 radical (unpaired) electrons. The van der Waals surface area contributed by atoms with Gasteiger partial charge in [0.15, 0.2) is 0 Å². The van der Waals surface area contributed by atoms with Crippen LogP contribution in [0.3, 0.4) is 0 Å². The van der Waals surface area contributed by atoms with Crippen molar-refractivity contribution < 1.29 is 28.4 Å². The third-order valence-electron chi connectivity index (χ3n) is 3.00.